The first-order valence-corrected chi connectivity index (χ1v) is 38.5. The van der Waals surface area contributed by atoms with E-state index in [1.54, 1.807) is 0 Å². The summed E-state index contributed by atoms with van der Waals surface area (Å²) in [5.41, 5.74) is 15.4. The first-order chi connectivity index (χ1) is 43.5. The topological polar surface area (TPSA) is 68.8 Å². The normalized spacial score (nSPS) is 13.5. The molecular formula is C86H108Cl2N2O4Si. The van der Waals surface area contributed by atoms with Gasteiger partial charge in [0.25, 0.3) is 0 Å². The number of hydrogen-bond acceptors (Lipinski definition) is 4. The summed E-state index contributed by atoms with van der Waals surface area (Å²) in [5.74, 6) is 1.50. The van der Waals surface area contributed by atoms with E-state index < -0.39 is 18.9 Å². The van der Waals surface area contributed by atoms with Crippen molar-refractivity contribution in [3.63, 3.8) is 0 Å². The molecule has 10 rings (SSSR count). The number of rotatable bonds is 14. The predicted molar refractivity (Wildman–Crippen MR) is 413 cm³/mol. The van der Waals surface area contributed by atoms with Crippen LogP contribution in [0.5, 0.6) is 23.0 Å². The molecule has 0 spiro atoms. The first-order valence-electron chi connectivity index (χ1n) is 34.3. The van der Waals surface area contributed by atoms with Gasteiger partial charge in [-0.1, -0.05) is 225 Å². The average molecular weight is 1330 g/mol. The van der Waals surface area contributed by atoms with E-state index in [0.29, 0.717) is 56.5 Å². The molecule has 2 aromatic heterocycles. The Morgan fingerprint density at radius 1 is 0.379 bits per heavy atom. The van der Waals surface area contributed by atoms with Gasteiger partial charge in [0.05, 0.1) is 34.5 Å². The lowest BCUT2D eigenvalue weighted by molar-refractivity contribution is 0.270. The van der Waals surface area contributed by atoms with Crippen LogP contribution in [0.1, 0.15) is 210 Å². The second kappa shape index (κ2) is 24.4. The number of hydrogen-bond donors (Lipinski definition) is 2. The second-order valence-corrected chi connectivity index (χ2v) is 42.4. The van der Waals surface area contributed by atoms with Gasteiger partial charge in [-0.05, 0) is 199 Å². The fourth-order valence-corrected chi connectivity index (χ4v) is 16.8. The first kappa shape index (κ1) is 71.1. The molecule has 0 unspecified atom stereocenters. The number of halogens is 2. The Balaban J connectivity index is 1.25. The number of fused-ring (bicyclic) bond motifs is 6. The highest BCUT2D eigenvalue weighted by Crippen LogP contribution is 2.55. The van der Waals surface area contributed by atoms with Gasteiger partial charge in [-0.25, -0.2) is 0 Å². The molecule has 9 heteroatoms. The molecule has 6 nitrogen and oxygen atoms in total. The van der Waals surface area contributed by atoms with Crippen LogP contribution >= 0.6 is 23.2 Å². The van der Waals surface area contributed by atoms with Gasteiger partial charge in [-0.3, -0.25) is 0 Å². The van der Waals surface area contributed by atoms with Crippen molar-refractivity contribution < 1.29 is 19.7 Å². The van der Waals surface area contributed by atoms with Crippen LogP contribution in [0.25, 0.3) is 77.2 Å². The fraction of sp³-hybridized carbons (Fsp3) is 0.442. The van der Waals surface area contributed by atoms with Gasteiger partial charge >= 0.3 is 0 Å². The smallest absolute Gasteiger partial charge is 0.151 e. The highest BCUT2D eigenvalue weighted by molar-refractivity contribution is 6.77. The summed E-state index contributed by atoms with van der Waals surface area (Å²) in [6, 6.07) is 43.9. The molecule has 95 heavy (non-hydrogen) atoms. The van der Waals surface area contributed by atoms with Crippen molar-refractivity contribution in [2.45, 2.75) is 225 Å². The number of phenols is 2. The van der Waals surface area contributed by atoms with Crippen molar-refractivity contribution in [1.29, 1.82) is 0 Å². The number of benzene rings is 8. The summed E-state index contributed by atoms with van der Waals surface area (Å²) in [7, 11) is -2.75. The molecule has 0 aliphatic heterocycles. The van der Waals surface area contributed by atoms with E-state index in [9.17, 15) is 10.2 Å². The van der Waals surface area contributed by atoms with Crippen LogP contribution in [0.15, 0.2) is 121 Å². The molecule has 0 bridgehead atoms. The van der Waals surface area contributed by atoms with Gasteiger partial charge in [0.1, 0.15) is 30.9 Å². The van der Waals surface area contributed by atoms with Crippen LogP contribution in [-0.4, -0.2) is 39.9 Å². The van der Waals surface area contributed by atoms with Crippen molar-refractivity contribution in [3.8, 4) is 56.6 Å². The molecule has 0 aliphatic carbocycles. The molecule has 8 aromatic carbocycles. The average Bonchev–Trinajstić information content (AvgIpc) is 1.67. The van der Waals surface area contributed by atoms with Gasteiger partial charge in [0, 0.05) is 53.8 Å². The van der Waals surface area contributed by atoms with Gasteiger partial charge in [0.15, 0.2) is 11.5 Å². The van der Waals surface area contributed by atoms with Crippen molar-refractivity contribution in [3.05, 3.63) is 176 Å². The van der Waals surface area contributed by atoms with Gasteiger partial charge in [-0.2, -0.15) is 0 Å². The molecule has 0 atom stereocenters. The maximum absolute atomic E-state index is 13.7. The van der Waals surface area contributed by atoms with E-state index in [1.807, 2.05) is 24.3 Å². The number of phenolic OH excluding ortho intramolecular Hbond substituents is 2. The number of aryl methyl sites for hydroxylation is 2. The third-order valence-corrected chi connectivity index (χ3v) is 21.5. The molecule has 504 valence electrons. The molecule has 0 fully saturated rings. The van der Waals surface area contributed by atoms with Crippen LogP contribution in [0.4, 0.5) is 0 Å². The maximum Gasteiger partial charge on any atom is 0.151 e. The lowest BCUT2D eigenvalue weighted by Gasteiger charge is -2.37. The molecule has 10 aromatic rings. The standard InChI is InChI=1S/C86H108Cl2N2O4Si/c1-51-35-53(39-59(87)37-51)61-45-67(85(21,22)47-79(3,4)5)77(73(75(61)91)89-69-31-27-55(81(9,10)11)41-63(69)64-42-56(82(12,13)14)28-32-70(64)89)93-49-95(25,26)50-94-78-68(86(23,24)48-80(6,7)8)46-62(54-36-52(2)38-60(88)40-54)76(92)74(78)90-71-33-29-57(83(15,16)17)43-65(71)66-44-58(84(18,19)20)30-34-72(66)90/h27-46,91-92H,47-50H2,1-26H3. The van der Waals surface area contributed by atoms with Gasteiger partial charge in [-0.15, -0.1) is 0 Å². The monoisotopic (exact) mass is 1330 g/mol. The van der Waals surface area contributed by atoms with Crippen molar-refractivity contribution >= 4 is 74.9 Å². The zero-order chi connectivity index (χ0) is 70.2. The zero-order valence-corrected chi connectivity index (χ0v) is 64.7. The molecule has 0 aliphatic rings. The highest BCUT2D eigenvalue weighted by Gasteiger charge is 2.40. The second-order valence-electron chi connectivity index (χ2n) is 36.6. The van der Waals surface area contributed by atoms with Gasteiger partial charge < -0.3 is 28.8 Å². The maximum atomic E-state index is 13.7. The van der Waals surface area contributed by atoms with E-state index in [1.165, 1.54) is 22.3 Å². The van der Waals surface area contributed by atoms with Crippen LogP contribution in [0, 0.1) is 24.7 Å². The Hall–Kier alpha value is -6.64. The Bertz CT molecular complexity index is 4170. The van der Waals surface area contributed by atoms with Crippen LogP contribution in [-0.2, 0) is 32.5 Å². The van der Waals surface area contributed by atoms with E-state index >= 15 is 0 Å². The predicted octanol–water partition coefficient (Wildman–Crippen LogP) is 25.4. The lowest BCUT2D eigenvalue weighted by atomic mass is 9.71. The number of nitrogens with zero attached hydrogens (tertiary/aromatic N) is 2. The van der Waals surface area contributed by atoms with Crippen molar-refractivity contribution in [1.82, 2.24) is 9.13 Å². The number of ether oxygens (including phenoxy) is 2. The molecule has 0 radical (unpaired) electrons. The van der Waals surface area contributed by atoms with E-state index in [-0.39, 0.29) is 44.0 Å². The summed E-state index contributed by atoms with van der Waals surface area (Å²) < 4.78 is 20.2. The van der Waals surface area contributed by atoms with E-state index in [0.717, 1.165) is 89.8 Å². The molecule has 0 amide bonds. The fourth-order valence-electron chi connectivity index (χ4n) is 15.0. The minimum Gasteiger partial charge on any atom is -0.505 e. The third kappa shape index (κ3) is 14.5. The molecule has 2 heterocycles. The summed E-state index contributed by atoms with van der Waals surface area (Å²) in [4.78, 5) is 0. The third-order valence-electron chi connectivity index (χ3n) is 19.2. The largest absolute Gasteiger partial charge is 0.505 e. The van der Waals surface area contributed by atoms with E-state index in [4.69, 9.17) is 32.7 Å². The minimum absolute atomic E-state index is 0.0872. The Morgan fingerprint density at radius 3 is 0.895 bits per heavy atom. The van der Waals surface area contributed by atoms with Crippen LogP contribution in [0.3, 0.4) is 0 Å². The molecule has 0 saturated carbocycles. The molecular weight excluding hydrogens is 1220 g/mol. The summed E-state index contributed by atoms with van der Waals surface area (Å²) in [6.45, 7) is 59.1. The Kier molecular flexibility index (Phi) is 18.3. The highest BCUT2D eigenvalue weighted by atomic mass is 35.5. The van der Waals surface area contributed by atoms with Crippen molar-refractivity contribution in [2.24, 2.45) is 10.8 Å². The molecule has 0 saturated heterocycles. The van der Waals surface area contributed by atoms with Crippen LogP contribution in [0.2, 0.25) is 23.1 Å². The quantitative estimate of drug-likeness (QED) is 0.106. The summed E-state index contributed by atoms with van der Waals surface area (Å²) in [6.07, 6.45) is 2.29. The SMILES string of the molecule is Cc1cc(Cl)cc(-c2cc(C(C)(C)CC(C)(C)C)c(OC[Si](C)(C)COc3c(C(C)(C)CC(C)(C)C)cc(-c4cc(C)cc(Cl)c4)c(O)c3-n3c4ccc(C(C)(C)C)cc4c4cc(C(C)(C)C)ccc43)c(-n3c4ccc(C(C)(C)C)cc4c4cc(C(C)(C)C)ccc43)c2O)c1. The van der Waals surface area contributed by atoms with Crippen LogP contribution < -0.4 is 9.47 Å². The summed E-state index contributed by atoms with van der Waals surface area (Å²) >= 11 is 14.0. The number of aromatic nitrogens is 2. The minimum atomic E-state index is -2.75. The van der Waals surface area contributed by atoms with Crippen molar-refractivity contribution in [2.75, 3.05) is 12.5 Å². The Morgan fingerprint density at radius 2 is 0.653 bits per heavy atom. The summed E-state index contributed by atoms with van der Waals surface area (Å²) in [5, 5.41) is 33.1. The zero-order valence-electron chi connectivity index (χ0n) is 62.2. The number of aromatic hydroxyl groups is 2. The van der Waals surface area contributed by atoms with E-state index in [2.05, 4.69) is 285 Å². The molecule has 2 N–H and O–H groups in total. The Labute approximate surface area is 580 Å². The van der Waals surface area contributed by atoms with Gasteiger partial charge in [0.2, 0.25) is 0 Å². The lowest BCUT2D eigenvalue weighted by Crippen LogP contribution is -2.42.